The van der Waals surface area contributed by atoms with E-state index >= 15 is 0 Å². The summed E-state index contributed by atoms with van der Waals surface area (Å²) >= 11 is 0. The number of aliphatic hydroxyl groups excluding tert-OH is 5. The maximum Gasteiger partial charge on any atom is 0.161 e. The van der Waals surface area contributed by atoms with Gasteiger partial charge in [0.2, 0.25) is 0 Å². The molecule has 9 heteroatoms. The van der Waals surface area contributed by atoms with E-state index in [0.29, 0.717) is 17.1 Å². The first-order valence-corrected chi connectivity index (χ1v) is 11.8. The van der Waals surface area contributed by atoms with Gasteiger partial charge in [-0.2, -0.15) is 0 Å². The van der Waals surface area contributed by atoms with E-state index < -0.39 is 37.1 Å². The number of hydrogen-bond donors (Lipinski definition) is 5. The normalized spacial score (nSPS) is 32.5. The standard InChI is InChI=1S/C26H34O9/c1-4-5-15-21(16(9-27)17-11-34-12-20(33-3)22(15)17)13-6-7-14(18(8-13)32-2)26-25(31)24(30)23(29)19(10-28)35-26/h6-8,11-12,16,19,21,23-31H,4-5,9-10H2,1-3H3/t16?,19-,21?,23-,24+,25-,26+/m1/s1. The van der Waals surface area contributed by atoms with E-state index in [1.807, 2.05) is 12.1 Å². The van der Waals surface area contributed by atoms with Gasteiger partial charge in [-0.1, -0.05) is 31.1 Å². The Hall–Kier alpha value is -2.40. The Morgan fingerprint density at radius 2 is 1.71 bits per heavy atom. The van der Waals surface area contributed by atoms with E-state index in [-0.39, 0.29) is 18.4 Å². The molecular formula is C26H34O9. The molecule has 2 heterocycles. The molecule has 1 aromatic carbocycles. The van der Waals surface area contributed by atoms with E-state index in [1.165, 1.54) is 7.11 Å². The largest absolute Gasteiger partial charge is 0.496 e. The predicted molar refractivity (Wildman–Crippen MR) is 125 cm³/mol. The Morgan fingerprint density at radius 3 is 2.34 bits per heavy atom. The Bertz CT molecular complexity index is 1010. The molecule has 0 saturated carbocycles. The average Bonchev–Trinajstić information content (AvgIpc) is 3.21. The number of methoxy groups -OCH3 is 2. The number of aliphatic hydroxyl groups is 5. The fourth-order valence-corrected chi connectivity index (χ4v) is 5.48. The van der Waals surface area contributed by atoms with Crippen molar-refractivity contribution in [3.63, 3.8) is 0 Å². The van der Waals surface area contributed by atoms with Gasteiger partial charge in [0.1, 0.15) is 42.5 Å². The van der Waals surface area contributed by atoms with Crippen LogP contribution in [-0.2, 0) is 14.2 Å². The summed E-state index contributed by atoms with van der Waals surface area (Å²) in [7, 11) is 3.09. The second-order valence-corrected chi connectivity index (χ2v) is 9.06. The summed E-state index contributed by atoms with van der Waals surface area (Å²) in [5.41, 5.74) is 4.36. The highest BCUT2D eigenvalue weighted by molar-refractivity contribution is 5.59. The predicted octanol–water partition coefficient (Wildman–Crippen LogP) is 1.41. The smallest absolute Gasteiger partial charge is 0.161 e. The maximum absolute atomic E-state index is 10.6. The van der Waals surface area contributed by atoms with Crippen molar-refractivity contribution in [2.75, 3.05) is 27.4 Å². The first kappa shape index (κ1) is 25.7. The summed E-state index contributed by atoms with van der Waals surface area (Å²) < 4.78 is 22.5. The van der Waals surface area contributed by atoms with E-state index in [4.69, 9.17) is 18.9 Å². The molecular weight excluding hydrogens is 456 g/mol. The van der Waals surface area contributed by atoms with Crippen molar-refractivity contribution in [1.29, 1.82) is 0 Å². The van der Waals surface area contributed by atoms with Gasteiger partial charge in [0.05, 0.1) is 33.7 Å². The molecule has 35 heavy (non-hydrogen) atoms. The second-order valence-electron chi connectivity index (χ2n) is 9.06. The highest BCUT2D eigenvalue weighted by Gasteiger charge is 2.46. The van der Waals surface area contributed by atoms with Crippen LogP contribution in [0.4, 0.5) is 0 Å². The number of allylic oxidation sites excluding steroid dienone is 2. The van der Waals surface area contributed by atoms with Gasteiger partial charge < -0.3 is 44.5 Å². The minimum absolute atomic E-state index is 0.0929. The van der Waals surface area contributed by atoms with Gasteiger partial charge in [-0.3, -0.25) is 0 Å². The number of fused-ring (bicyclic) bond motifs is 1. The lowest BCUT2D eigenvalue weighted by Gasteiger charge is -2.40. The van der Waals surface area contributed by atoms with Crippen LogP contribution in [0.25, 0.3) is 0 Å². The molecule has 0 amide bonds. The van der Waals surface area contributed by atoms with Gasteiger partial charge in [0, 0.05) is 28.5 Å². The van der Waals surface area contributed by atoms with Crippen molar-refractivity contribution in [1.82, 2.24) is 0 Å². The average molecular weight is 491 g/mol. The lowest BCUT2D eigenvalue weighted by molar-refractivity contribution is -0.232. The van der Waals surface area contributed by atoms with Gasteiger partial charge in [-0.25, -0.2) is 0 Å². The van der Waals surface area contributed by atoms with Crippen LogP contribution < -0.4 is 4.74 Å². The summed E-state index contributed by atoms with van der Waals surface area (Å²) in [4.78, 5) is 0. The van der Waals surface area contributed by atoms with E-state index in [2.05, 4.69) is 6.92 Å². The number of hydrogen-bond acceptors (Lipinski definition) is 9. The molecule has 1 aromatic rings. The Morgan fingerprint density at radius 1 is 0.943 bits per heavy atom. The number of benzene rings is 1. The molecule has 3 aliphatic rings. The maximum atomic E-state index is 10.6. The lowest BCUT2D eigenvalue weighted by Crippen LogP contribution is -2.55. The van der Waals surface area contributed by atoms with Crippen LogP contribution in [0.15, 0.2) is 53.2 Å². The van der Waals surface area contributed by atoms with Gasteiger partial charge in [-0.15, -0.1) is 0 Å². The summed E-state index contributed by atoms with van der Waals surface area (Å²) in [6.45, 7) is 1.49. The van der Waals surface area contributed by atoms with Crippen LogP contribution in [0.3, 0.4) is 0 Å². The monoisotopic (exact) mass is 490 g/mol. The molecule has 5 N–H and O–H groups in total. The lowest BCUT2D eigenvalue weighted by atomic mass is 9.81. The number of rotatable bonds is 8. The summed E-state index contributed by atoms with van der Waals surface area (Å²) in [5.74, 6) is 0.649. The highest BCUT2D eigenvalue weighted by Crippen LogP contribution is 2.53. The van der Waals surface area contributed by atoms with E-state index in [9.17, 15) is 25.5 Å². The van der Waals surface area contributed by atoms with Crippen molar-refractivity contribution < 1.29 is 44.5 Å². The fraction of sp³-hybridized carbons (Fsp3) is 0.538. The Labute approximate surface area is 204 Å². The van der Waals surface area contributed by atoms with Crippen molar-refractivity contribution in [3.8, 4) is 5.75 Å². The molecule has 1 saturated heterocycles. The second kappa shape index (κ2) is 10.7. The third-order valence-corrected chi connectivity index (χ3v) is 7.15. The quantitative estimate of drug-likeness (QED) is 0.366. The fourth-order valence-electron chi connectivity index (χ4n) is 5.48. The molecule has 4 rings (SSSR count). The zero-order valence-electron chi connectivity index (χ0n) is 20.1. The van der Waals surface area contributed by atoms with Crippen LogP contribution in [0.2, 0.25) is 0 Å². The van der Waals surface area contributed by atoms with Crippen molar-refractivity contribution in [2.45, 2.75) is 56.2 Å². The summed E-state index contributed by atoms with van der Waals surface area (Å²) in [5, 5.41) is 50.9. The Kier molecular flexibility index (Phi) is 7.85. The Balaban J connectivity index is 1.77. The van der Waals surface area contributed by atoms with Gasteiger partial charge in [-0.05, 0) is 18.1 Å². The van der Waals surface area contributed by atoms with E-state index in [0.717, 1.165) is 35.1 Å². The molecule has 0 bridgehead atoms. The molecule has 0 spiro atoms. The SMILES string of the molecule is CCCC1=C2C(OC)=COC=C2C(CO)C1c1ccc([C@@H]2O[C@H](CO)[C@@H](O)[C@H](O)[C@H]2O)c(OC)c1. The van der Waals surface area contributed by atoms with Gasteiger partial charge >= 0.3 is 0 Å². The zero-order chi connectivity index (χ0) is 25.3. The van der Waals surface area contributed by atoms with Crippen LogP contribution in [0, 0.1) is 5.92 Å². The van der Waals surface area contributed by atoms with Crippen LogP contribution in [-0.4, -0.2) is 77.4 Å². The molecule has 192 valence electrons. The molecule has 7 atom stereocenters. The van der Waals surface area contributed by atoms with Gasteiger partial charge in [0.15, 0.2) is 5.76 Å². The highest BCUT2D eigenvalue weighted by atomic mass is 16.5. The first-order chi connectivity index (χ1) is 16.9. The molecule has 0 aromatic heterocycles. The molecule has 2 aliphatic heterocycles. The third kappa shape index (κ3) is 4.37. The van der Waals surface area contributed by atoms with Crippen molar-refractivity contribution >= 4 is 0 Å². The van der Waals surface area contributed by atoms with Crippen LogP contribution in [0.5, 0.6) is 5.75 Å². The minimum atomic E-state index is -1.49. The topological polar surface area (TPSA) is 138 Å². The first-order valence-electron chi connectivity index (χ1n) is 11.8. The molecule has 0 radical (unpaired) electrons. The van der Waals surface area contributed by atoms with E-state index in [1.54, 1.807) is 25.7 Å². The zero-order valence-corrected chi connectivity index (χ0v) is 20.1. The minimum Gasteiger partial charge on any atom is -0.496 e. The van der Waals surface area contributed by atoms with Crippen molar-refractivity contribution in [3.05, 3.63) is 64.3 Å². The van der Waals surface area contributed by atoms with Gasteiger partial charge in [0.25, 0.3) is 0 Å². The summed E-state index contributed by atoms with van der Waals surface area (Å²) in [6, 6.07) is 5.48. The summed E-state index contributed by atoms with van der Waals surface area (Å²) in [6.07, 6.45) is -1.45. The molecule has 1 aliphatic carbocycles. The molecule has 1 fully saturated rings. The molecule has 2 unspecified atom stereocenters. The van der Waals surface area contributed by atoms with Crippen LogP contribution in [0.1, 0.15) is 42.9 Å². The van der Waals surface area contributed by atoms with Crippen molar-refractivity contribution in [2.24, 2.45) is 5.92 Å². The third-order valence-electron chi connectivity index (χ3n) is 7.15. The number of ether oxygens (including phenoxy) is 4. The molecule has 9 nitrogen and oxygen atoms in total. The van der Waals surface area contributed by atoms with Crippen LogP contribution >= 0.6 is 0 Å².